The van der Waals surface area contributed by atoms with Crippen LogP contribution in [0.1, 0.15) is 37.5 Å². The van der Waals surface area contributed by atoms with Gasteiger partial charge < -0.3 is 5.11 Å². The number of hydrogen-bond acceptors (Lipinski definition) is 1. The first kappa shape index (κ1) is 16.0. The van der Waals surface area contributed by atoms with Gasteiger partial charge in [-0.05, 0) is 35.6 Å². The van der Waals surface area contributed by atoms with Crippen molar-refractivity contribution in [3.63, 3.8) is 0 Å². The van der Waals surface area contributed by atoms with E-state index in [1.54, 1.807) is 12.1 Å². The molecule has 0 aliphatic heterocycles. The standard InChI is InChI=1S/C12H16.C7H8O/c1-5-10-6-8-11(9-7-10)12(2,3)4;1-6-2-4-7(8)5-3-6/h5-9H,1H2,2-4H3;2-5,8H,1H3. The van der Waals surface area contributed by atoms with Crippen molar-refractivity contribution in [1.29, 1.82) is 0 Å². The summed E-state index contributed by atoms with van der Waals surface area (Å²) in [5.74, 6) is 0.329. The number of aromatic hydroxyl groups is 1. The molecule has 106 valence electrons. The van der Waals surface area contributed by atoms with Gasteiger partial charge in [-0.25, -0.2) is 0 Å². The number of aryl methyl sites for hydroxylation is 1. The van der Waals surface area contributed by atoms with Crippen LogP contribution < -0.4 is 0 Å². The highest BCUT2D eigenvalue weighted by Gasteiger charge is 2.12. The fourth-order valence-electron chi connectivity index (χ4n) is 1.66. The normalized spacial score (nSPS) is 10.4. The highest BCUT2D eigenvalue weighted by atomic mass is 16.3. The average Bonchev–Trinajstić information content (AvgIpc) is 2.42. The van der Waals surface area contributed by atoms with E-state index >= 15 is 0 Å². The summed E-state index contributed by atoms with van der Waals surface area (Å²) in [4.78, 5) is 0. The Morgan fingerprint density at radius 1 is 0.900 bits per heavy atom. The molecule has 0 aliphatic carbocycles. The molecule has 1 N–H and O–H groups in total. The number of phenols is 1. The largest absolute Gasteiger partial charge is 0.508 e. The van der Waals surface area contributed by atoms with Crippen molar-refractivity contribution in [3.05, 3.63) is 71.8 Å². The number of hydrogen-bond donors (Lipinski definition) is 1. The lowest BCUT2D eigenvalue weighted by Crippen LogP contribution is -2.10. The lowest BCUT2D eigenvalue weighted by molar-refractivity contribution is 0.475. The van der Waals surface area contributed by atoms with Crippen molar-refractivity contribution in [2.24, 2.45) is 0 Å². The second kappa shape index (κ2) is 6.95. The summed E-state index contributed by atoms with van der Waals surface area (Å²) in [6.07, 6.45) is 1.87. The Balaban J connectivity index is 0.000000217. The molecule has 0 spiro atoms. The van der Waals surface area contributed by atoms with Crippen LogP contribution in [0.25, 0.3) is 6.08 Å². The van der Waals surface area contributed by atoms with Crippen LogP contribution in [0.15, 0.2) is 55.1 Å². The van der Waals surface area contributed by atoms with E-state index < -0.39 is 0 Å². The molecule has 0 amide bonds. The maximum Gasteiger partial charge on any atom is 0.115 e. The van der Waals surface area contributed by atoms with Gasteiger partial charge in [-0.2, -0.15) is 0 Å². The van der Waals surface area contributed by atoms with E-state index in [0.717, 1.165) is 0 Å². The molecule has 20 heavy (non-hydrogen) atoms. The van der Waals surface area contributed by atoms with Crippen LogP contribution in [0.4, 0.5) is 0 Å². The zero-order valence-corrected chi connectivity index (χ0v) is 12.9. The van der Waals surface area contributed by atoms with Gasteiger partial charge in [0.1, 0.15) is 5.75 Å². The highest BCUT2D eigenvalue weighted by Crippen LogP contribution is 2.22. The quantitative estimate of drug-likeness (QED) is 0.741. The van der Waals surface area contributed by atoms with Gasteiger partial charge in [0.25, 0.3) is 0 Å². The maximum atomic E-state index is 8.76. The zero-order valence-electron chi connectivity index (χ0n) is 12.9. The summed E-state index contributed by atoms with van der Waals surface area (Å²) in [6.45, 7) is 12.4. The molecule has 0 atom stereocenters. The topological polar surface area (TPSA) is 20.2 Å². The van der Waals surface area contributed by atoms with E-state index in [9.17, 15) is 0 Å². The third-order valence-electron chi connectivity index (χ3n) is 3.05. The molecule has 2 aromatic rings. The van der Waals surface area contributed by atoms with Crippen LogP contribution in [0.3, 0.4) is 0 Å². The molecule has 0 aliphatic rings. The Morgan fingerprint density at radius 2 is 1.40 bits per heavy atom. The monoisotopic (exact) mass is 268 g/mol. The van der Waals surface area contributed by atoms with Gasteiger partial charge in [-0.1, -0.05) is 75.4 Å². The van der Waals surface area contributed by atoms with Gasteiger partial charge in [0.2, 0.25) is 0 Å². The first-order chi connectivity index (χ1) is 9.32. The van der Waals surface area contributed by atoms with Crippen molar-refractivity contribution in [2.75, 3.05) is 0 Å². The molecule has 0 radical (unpaired) electrons. The molecule has 0 saturated heterocycles. The van der Waals surface area contributed by atoms with Gasteiger partial charge in [-0.15, -0.1) is 0 Å². The van der Waals surface area contributed by atoms with Crippen LogP contribution >= 0.6 is 0 Å². The minimum Gasteiger partial charge on any atom is -0.508 e. The molecule has 1 heteroatoms. The van der Waals surface area contributed by atoms with Crippen LogP contribution in [0, 0.1) is 6.92 Å². The van der Waals surface area contributed by atoms with Crippen molar-refractivity contribution in [2.45, 2.75) is 33.1 Å². The van der Waals surface area contributed by atoms with Crippen LogP contribution in [0.2, 0.25) is 0 Å². The van der Waals surface area contributed by atoms with E-state index in [1.165, 1.54) is 16.7 Å². The molecule has 0 saturated carbocycles. The summed E-state index contributed by atoms with van der Waals surface area (Å²) in [7, 11) is 0. The molecule has 0 fully saturated rings. The van der Waals surface area contributed by atoms with Crippen molar-refractivity contribution >= 4 is 6.08 Å². The Labute approximate surface area is 122 Å². The third kappa shape index (κ3) is 5.31. The molecule has 0 unspecified atom stereocenters. The lowest BCUT2D eigenvalue weighted by Gasteiger charge is -2.18. The van der Waals surface area contributed by atoms with Crippen molar-refractivity contribution in [1.82, 2.24) is 0 Å². The fraction of sp³-hybridized carbons (Fsp3) is 0.263. The second-order valence-corrected chi connectivity index (χ2v) is 5.91. The SMILES string of the molecule is C=Cc1ccc(C(C)(C)C)cc1.Cc1ccc(O)cc1. The predicted octanol–water partition coefficient (Wildman–Crippen LogP) is 5.33. The van der Waals surface area contributed by atoms with E-state index in [1.807, 2.05) is 25.1 Å². The van der Waals surface area contributed by atoms with Gasteiger partial charge in [0.15, 0.2) is 0 Å². The average molecular weight is 268 g/mol. The maximum absolute atomic E-state index is 8.76. The molecule has 2 rings (SSSR count). The highest BCUT2D eigenvalue weighted by molar-refractivity contribution is 5.47. The molecule has 2 aromatic carbocycles. The van der Waals surface area contributed by atoms with E-state index in [-0.39, 0.29) is 5.41 Å². The molecular formula is C19H24O. The molecule has 0 aromatic heterocycles. The fourth-order valence-corrected chi connectivity index (χ4v) is 1.66. The Hall–Kier alpha value is -2.02. The summed E-state index contributed by atoms with van der Waals surface area (Å²) in [5, 5.41) is 8.76. The van der Waals surface area contributed by atoms with Gasteiger partial charge in [0.05, 0.1) is 0 Å². The van der Waals surface area contributed by atoms with E-state index in [0.29, 0.717) is 5.75 Å². The predicted molar refractivity (Wildman–Crippen MR) is 88.1 cm³/mol. The smallest absolute Gasteiger partial charge is 0.115 e. The van der Waals surface area contributed by atoms with Gasteiger partial charge in [0, 0.05) is 0 Å². The van der Waals surface area contributed by atoms with E-state index in [2.05, 4.69) is 51.6 Å². The number of benzene rings is 2. The Kier molecular flexibility index (Phi) is 5.57. The van der Waals surface area contributed by atoms with Gasteiger partial charge in [-0.3, -0.25) is 0 Å². The molecular weight excluding hydrogens is 244 g/mol. The minimum absolute atomic E-state index is 0.250. The zero-order chi connectivity index (χ0) is 15.2. The van der Waals surface area contributed by atoms with Crippen molar-refractivity contribution < 1.29 is 5.11 Å². The van der Waals surface area contributed by atoms with Crippen LogP contribution in [-0.2, 0) is 5.41 Å². The minimum atomic E-state index is 0.250. The molecule has 0 heterocycles. The number of rotatable bonds is 1. The molecule has 1 nitrogen and oxygen atoms in total. The second-order valence-electron chi connectivity index (χ2n) is 5.91. The first-order valence-electron chi connectivity index (χ1n) is 6.81. The summed E-state index contributed by atoms with van der Waals surface area (Å²) in [6, 6.07) is 15.6. The third-order valence-corrected chi connectivity index (χ3v) is 3.05. The van der Waals surface area contributed by atoms with Gasteiger partial charge >= 0.3 is 0 Å². The van der Waals surface area contributed by atoms with E-state index in [4.69, 9.17) is 5.11 Å². The summed E-state index contributed by atoms with van der Waals surface area (Å²) >= 11 is 0. The van der Waals surface area contributed by atoms with Crippen LogP contribution in [0.5, 0.6) is 5.75 Å². The molecule has 0 bridgehead atoms. The lowest BCUT2D eigenvalue weighted by atomic mass is 9.87. The Morgan fingerprint density at radius 3 is 1.75 bits per heavy atom. The summed E-state index contributed by atoms with van der Waals surface area (Å²) < 4.78 is 0. The first-order valence-corrected chi connectivity index (χ1v) is 6.81. The van der Waals surface area contributed by atoms with Crippen LogP contribution in [-0.4, -0.2) is 5.11 Å². The Bertz CT molecular complexity index is 506. The number of phenolic OH excluding ortho intramolecular Hbond substituents is 1. The van der Waals surface area contributed by atoms with Crippen molar-refractivity contribution in [3.8, 4) is 5.75 Å². The summed E-state index contributed by atoms with van der Waals surface area (Å²) in [5.41, 5.74) is 3.97.